The summed E-state index contributed by atoms with van der Waals surface area (Å²) < 4.78 is 40.8. The van der Waals surface area contributed by atoms with Gasteiger partial charge in [0.1, 0.15) is 5.75 Å². The van der Waals surface area contributed by atoms with E-state index in [1.165, 1.54) is 24.3 Å². The summed E-state index contributed by atoms with van der Waals surface area (Å²) in [5.74, 6) is -1.40. The van der Waals surface area contributed by atoms with Gasteiger partial charge in [0.15, 0.2) is 0 Å². The molecule has 2 aromatic carbocycles. The standard InChI is InChI=1S/C19H19F3O3/c1-18(2,3)16(12-4-6-14(7-5-12)17(23)24)13-8-10-15(11-9-13)25-19(20,21)22/h4-11,16H,1-3H3,(H,23,24). The second kappa shape index (κ2) is 6.78. The Kier molecular flexibility index (Phi) is 5.11. The second-order valence-electron chi connectivity index (χ2n) is 6.84. The molecule has 25 heavy (non-hydrogen) atoms. The highest BCUT2D eigenvalue weighted by molar-refractivity contribution is 5.87. The molecule has 2 rings (SSSR count). The van der Waals surface area contributed by atoms with Crippen molar-refractivity contribution in [3.8, 4) is 5.75 Å². The predicted molar refractivity (Wildman–Crippen MR) is 87.8 cm³/mol. The van der Waals surface area contributed by atoms with Gasteiger partial charge in [0, 0.05) is 5.92 Å². The second-order valence-corrected chi connectivity index (χ2v) is 6.84. The third-order valence-electron chi connectivity index (χ3n) is 3.80. The zero-order chi connectivity index (χ0) is 18.8. The van der Waals surface area contributed by atoms with Crippen molar-refractivity contribution in [3.63, 3.8) is 0 Å². The van der Waals surface area contributed by atoms with Gasteiger partial charge in [0.05, 0.1) is 5.56 Å². The minimum atomic E-state index is -4.72. The molecule has 0 amide bonds. The van der Waals surface area contributed by atoms with Crippen LogP contribution in [0.1, 0.15) is 48.2 Å². The molecular weight excluding hydrogens is 333 g/mol. The smallest absolute Gasteiger partial charge is 0.478 e. The third kappa shape index (κ3) is 4.98. The normalized spacial score (nSPS) is 13.4. The molecule has 0 saturated carbocycles. The zero-order valence-corrected chi connectivity index (χ0v) is 14.1. The molecule has 0 spiro atoms. The molecule has 0 saturated heterocycles. The van der Waals surface area contributed by atoms with E-state index < -0.39 is 12.3 Å². The Morgan fingerprint density at radius 3 is 1.72 bits per heavy atom. The predicted octanol–water partition coefficient (Wildman–Crippen LogP) is 5.46. The average Bonchev–Trinajstić information content (AvgIpc) is 2.47. The highest BCUT2D eigenvalue weighted by atomic mass is 19.4. The summed E-state index contributed by atoms with van der Waals surface area (Å²) in [5, 5.41) is 9.01. The first-order valence-corrected chi connectivity index (χ1v) is 7.66. The van der Waals surface area contributed by atoms with Crippen molar-refractivity contribution in [1.29, 1.82) is 0 Å². The largest absolute Gasteiger partial charge is 0.573 e. The summed E-state index contributed by atoms with van der Waals surface area (Å²) >= 11 is 0. The van der Waals surface area contributed by atoms with Crippen molar-refractivity contribution in [1.82, 2.24) is 0 Å². The Labute approximate surface area is 144 Å². The van der Waals surface area contributed by atoms with E-state index in [2.05, 4.69) is 4.74 Å². The van der Waals surface area contributed by atoms with Crippen molar-refractivity contribution in [2.75, 3.05) is 0 Å². The number of halogens is 3. The van der Waals surface area contributed by atoms with Gasteiger partial charge in [0.2, 0.25) is 0 Å². The van der Waals surface area contributed by atoms with Crippen LogP contribution in [0.25, 0.3) is 0 Å². The van der Waals surface area contributed by atoms with Crippen LogP contribution in [0.2, 0.25) is 0 Å². The maximum Gasteiger partial charge on any atom is 0.573 e. The van der Waals surface area contributed by atoms with Gasteiger partial charge in [0.25, 0.3) is 0 Å². The molecule has 1 N–H and O–H groups in total. The lowest BCUT2D eigenvalue weighted by molar-refractivity contribution is -0.274. The van der Waals surface area contributed by atoms with Crippen LogP contribution in [0.4, 0.5) is 13.2 Å². The summed E-state index contributed by atoms with van der Waals surface area (Å²) in [6, 6.07) is 12.3. The fourth-order valence-corrected chi connectivity index (χ4v) is 2.87. The summed E-state index contributed by atoms with van der Waals surface area (Å²) in [7, 11) is 0. The van der Waals surface area contributed by atoms with Crippen LogP contribution in [0.15, 0.2) is 48.5 Å². The maximum absolute atomic E-state index is 12.3. The first kappa shape index (κ1) is 18.8. The van der Waals surface area contributed by atoms with Crippen molar-refractivity contribution < 1.29 is 27.8 Å². The van der Waals surface area contributed by atoms with E-state index >= 15 is 0 Å². The molecule has 2 aromatic rings. The van der Waals surface area contributed by atoms with Crippen LogP contribution >= 0.6 is 0 Å². The average molecular weight is 352 g/mol. The topological polar surface area (TPSA) is 46.5 Å². The number of alkyl halides is 3. The minimum Gasteiger partial charge on any atom is -0.478 e. The number of hydrogen-bond donors (Lipinski definition) is 1. The van der Waals surface area contributed by atoms with Crippen LogP contribution in [0, 0.1) is 5.41 Å². The number of benzene rings is 2. The van der Waals surface area contributed by atoms with E-state index in [4.69, 9.17) is 5.11 Å². The van der Waals surface area contributed by atoms with Gasteiger partial charge in [-0.05, 0) is 40.8 Å². The summed E-state index contributed by atoms with van der Waals surface area (Å²) in [5.41, 5.74) is 1.68. The molecule has 0 aliphatic rings. The number of rotatable bonds is 4. The fraction of sp³-hybridized carbons (Fsp3) is 0.316. The van der Waals surface area contributed by atoms with Crippen molar-refractivity contribution in [2.24, 2.45) is 5.41 Å². The summed E-state index contributed by atoms with van der Waals surface area (Å²) in [6.45, 7) is 6.05. The quantitative estimate of drug-likeness (QED) is 0.794. The fourth-order valence-electron chi connectivity index (χ4n) is 2.87. The van der Waals surface area contributed by atoms with E-state index in [0.717, 1.165) is 11.1 Å². The van der Waals surface area contributed by atoms with Crippen LogP contribution in [-0.2, 0) is 0 Å². The number of ether oxygens (including phenoxy) is 1. The molecule has 0 heterocycles. The van der Waals surface area contributed by atoms with Gasteiger partial charge in [-0.3, -0.25) is 0 Å². The Hall–Kier alpha value is -2.50. The third-order valence-corrected chi connectivity index (χ3v) is 3.80. The van der Waals surface area contributed by atoms with E-state index in [0.29, 0.717) is 0 Å². The highest BCUT2D eigenvalue weighted by Gasteiger charge is 2.32. The lowest BCUT2D eigenvalue weighted by atomic mass is 9.72. The van der Waals surface area contributed by atoms with Crippen LogP contribution in [-0.4, -0.2) is 17.4 Å². The van der Waals surface area contributed by atoms with Gasteiger partial charge in [-0.25, -0.2) is 4.79 Å². The number of hydrogen-bond acceptors (Lipinski definition) is 2. The van der Waals surface area contributed by atoms with Crippen molar-refractivity contribution >= 4 is 5.97 Å². The SMILES string of the molecule is CC(C)(C)C(c1ccc(OC(F)(F)F)cc1)c1ccc(C(=O)O)cc1. The molecule has 3 nitrogen and oxygen atoms in total. The molecule has 0 fully saturated rings. The summed E-state index contributed by atoms with van der Waals surface area (Å²) in [4.78, 5) is 11.0. The Bertz CT molecular complexity index is 726. The number of carboxylic acids is 1. The lowest BCUT2D eigenvalue weighted by Crippen LogP contribution is -2.20. The minimum absolute atomic E-state index is 0.115. The molecule has 0 radical (unpaired) electrons. The first-order valence-electron chi connectivity index (χ1n) is 7.66. The van der Waals surface area contributed by atoms with Gasteiger partial charge in [-0.2, -0.15) is 0 Å². The number of carboxylic acid groups (broad SMARTS) is 1. The molecule has 1 atom stereocenters. The molecular formula is C19H19F3O3. The number of aromatic carboxylic acids is 1. The summed E-state index contributed by atoms with van der Waals surface area (Å²) in [6.07, 6.45) is -4.72. The van der Waals surface area contributed by atoms with Crippen LogP contribution in [0.5, 0.6) is 5.75 Å². The highest BCUT2D eigenvalue weighted by Crippen LogP contribution is 2.41. The lowest BCUT2D eigenvalue weighted by Gasteiger charge is -2.32. The Morgan fingerprint density at radius 2 is 1.36 bits per heavy atom. The van der Waals surface area contributed by atoms with Crippen LogP contribution in [0.3, 0.4) is 0 Å². The van der Waals surface area contributed by atoms with Gasteiger partial charge < -0.3 is 9.84 Å². The van der Waals surface area contributed by atoms with E-state index in [-0.39, 0.29) is 22.6 Å². The molecule has 0 aliphatic carbocycles. The molecule has 1 unspecified atom stereocenters. The van der Waals surface area contributed by atoms with E-state index in [1.807, 2.05) is 20.8 Å². The first-order chi connectivity index (χ1) is 11.5. The van der Waals surface area contributed by atoms with Crippen LogP contribution < -0.4 is 4.74 Å². The van der Waals surface area contributed by atoms with Crippen molar-refractivity contribution in [2.45, 2.75) is 33.1 Å². The van der Waals surface area contributed by atoms with Gasteiger partial charge in [-0.15, -0.1) is 13.2 Å². The molecule has 0 aliphatic heterocycles. The molecule has 6 heteroatoms. The maximum atomic E-state index is 12.3. The molecule has 0 bridgehead atoms. The number of carbonyl (C=O) groups is 1. The molecule has 0 aromatic heterocycles. The molecule has 134 valence electrons. The van der Waals surface area contributed by atoms with Gasteiger partial charge >= 0.3 is 12.3 Å². The Morgan fingerprint density at radius 1 is 0.920 bits per heavy atom. The zero-order valence-electron chi connectivity index (χ0n) is 14.1. The van der Waals surface area contributed by atoms with E-state index in [1.54, 1.807) is 24.3 Å². The monoisotopic (exact) mass is 352 g/mol. The Balaban J connectivity index is 2.36. The van der Waals surface area contributed by atoms with E-state index in [9.17, 15) is 18.0 Å². The van der Waals surface area contributed by atoms with Gasteiger partial charge in [-0.1, -0.05) is 45.0 Å². The van der Waals surface area contributed by atoms with Crippen molar-refractivity contribution in [3.05, 3.63) is 65.2 Å².